The van der Waals surface area contributed by atoms with Crippen molar-refractivity contribution < 1.29 is 47.7 Å². The minimum absolute atomic E-state index is 0.0163. The summed E-state index contributed by atoms with van der Waals surface area (Å²) in [5.41, 5.74) is -0.917. The van der Waals surface area contributed by atoms with E-state index in [0.29, 0.717) is 25.3 Å². The van der Waals surface area contributed by atoms with Gasteiger partial charge in [0.2, 0.25) is 0 Å². The van der Waals surface area contributed by atoms with Crippen molar-refractivity contribution in [2.75, 3.05) is 35.4 Å². The van der Waals surface area contributed by atoms with E-state index in [1.807, 2.05) is 48.6 Å². The molecule has 12 heteroatoms. The highest BCUT2D eigenvalue weighted by Gasteiger charge is 2.40. The van der Waals surface area contributed by atoms with Gasteiger partial charge in [-0.15, -0.1) is 0 Å². The van der Waals surface area contributed by atoms with Gasteiger partial charge in [-0.3, -0.25) is 19.2 Å². The highest BCUT2D eigenvalue weighted by Crippen LogP contribution is 2.37. The van der Waals surface area contributed by atoms with Gasteiger partial charge < -0.3 is 33.9 Å². The van der Waals surface area contributed by atoms with Crippen LogP contribution in [0.3, 0.4) is 0 Å². The summed E-state index contributed by atoms with van der Waals surface area (Å²) >= 11 is 0. The predicted octanol–water partition coefficient (Wildman–Crippen LogP) is 3.88. The third-order valence-electron chi connectivity index (χ3n) is 7.60. The SMILES string of the molecule is CNC1CC(C(=O)OC)C1.COC(=O)C1CC(CC(=O)OC(C)(C)C)C1.COC(=O)C1CC(N(C)C(=O)OC(C)(C)C)C1. The maximum Gasteiger partial charge on any atom is 0.410 e. The first-order valence-corrected chi connectivity index (χ1v) is 14.9. The molecule has 0 aromatic carbocycles. The van der Waals surface area contributed by atoms with Gasteiger partial charge in [0.15, 0.2) is 0 Å². The molecule has 248 valence electrons. The number of nitrogens with one attached hydrogen (secondary N) is 1. The standard InChI is InChI=1S/C12H21NO4.C12H20O4.C7H13NO2/c1-12(2,3)17-11(15)13(4)9-6-8(7-9)10(14)16-5;1-12(2,3)16-10(13)7-8-5-9(6-8)11(14)15-4;1-8-6-3-5(4-6)7(9)10-2/h8-9H,6-7H2,1-5H3;8-9H,5-7H2,1-4H3;5-6,8H,3-4H2,1-2H3. The number of rotatable bonds is 7. The molecule has 3 fully saturated rings. The van der Waals surface area contributed by atoms with Crippen LogP contribution in [-0.4, -0.2) is 93.6 Å². The van der Waals surface area contributed by atoms with Gasteiger partial charge in [-0.1, -0.05) is 0 Å². The largest absolute Gasteiger partial charge is 0.469 e. The number of esters is 4. The molecule has 0 heterocycles. The lowest BCUT2D eigenvalue weighted by Crippen LogP contribution is -2.49. The second kappa shape index (κ2) is 16.8. The number of hydrogen-bond acceptors (Lipinski definition) is 11. The van der Waals surface area contributed by atoms with Crippen LogP contribution >= 0.6 is 0 Å². The van der Waals surface area contributed by atoms with Gasteiger partial charge in [-0.25, -0.2) is 4.79 Å². The van der Waals surface area contributed by atoms with Gasteiger partial charge in [0.25, 0.3) is 0 Å². The van der Waals surface area contributed by atoms with Crippen LogP contribution in [0.1, 0.15) is 86.5 Å². The average molecular weight is 615 g/mol. The van der Waals surface area contributed by atoms with Gasteiger partial charge in [0, 0.05) is 25.6 Å². The Kier molecular flexibility index (Phi) is 14.9. The number of amides is 1. The topological polar surface area (TPSA) is 147 Å². The molecule has 0 bridgehead atoms. The molecule has 0 spiro atoms. The van der Waals surface area contributed by atoms with Crippen LogP contribution in [0.25, 0.3) is 0 Å². The Balaban J connectivity index is 0.000000333. The number of nitrogens with zero attached hydrogens (tertiary/aromatic N) is 1. The van der Waals surface area contributed by atoms with Gasteiger partial charge >= 0.3 is 30.0 Å². The smallest absolute Gasteiger partial charge is 0.410 e. The normalized spacial score (nSPS) is 25.7. The number of ether oxygens (including phenoxy) is 5. The molecule has 0 radical (unpaired) electrons. The predicted molar refractivity (Wildman–Crippen MR) is 159 cm³/mol. The second-order valence-electron chi connectivity index (χ2n) is 13.5. The fraction of sp³-hybridized carbons (Fsp3) is 0.839. The van der Waals surface area contributed by atoms with E-state index in [9.17, 15) is 24.0 Å². The Morgan fingerprint density at radius 1 is 0.674 bits per heavy atom. The van der Waals surface area contributed by atoms with Gasteiger partial charge in [-0.05, 0) is 93.0 Å². The van der Waals surface area contributed by atoms with Crippen molar-refractivity contribution in [3.8, 4) is 0 Å². The van der Waals surface area contributed by atoms with Crippen LogP contribution in [0.15, 0.2) is 0 Å². The maximum atomic E-state index is 11.7. The van der Waals surface area contributed by atoms with E-state index in [1.165, 1.54) is 21.3 Å². The zero-order valence-electron chi connectivity index (χ0n) is 27.9. The number of methoxy groups -OCH3 is 3. The molecular weight excluding hydrogens is 560 g/mol. The summed E-state index contributed by atoms with van der Waals surface area (Å²) < 4.78 is 24.3. The molecule has 0 saturated heterocycles. The van der Waals surface area contributed by atoms with Crippen molar-refractivity contribution >= 4 is 30.0 Å². The summed E-state index contributed by atoms with van der Waals surface area (Å²) in [7, 11) is 7.83. The summed E-state index contributed by atoms with van der Waals surface area (Å²) in [5, 5.41) is 3.10. The Morgan fingerprint density at radius 2 is 1.07 bits per heavy atom. The van der Waals surface area contributed by atoms with E-state index in [2.05, 4.69) is 19.5 Å². The fourth-order valence-electron chi connectivity index (χ4n) is 4.84. The molecule has 3 aliphatic rings. The Hall–Kier alpha value is -2.89. The van der Waals surface area contributed by atoms with Gasteiger partial charge in [-0.2, -0.15) is 0 Å². The molecule has 12 nitrogen and oxygen atoms in total. The van der Waals surface area contributed by atoms with Crippen molar-refractivity contribution in [3.63, 3.8) is 0 Å². The summed E-state index contributed by atoms with van der Waals surface area (Å²) in [6, 6.07) is 0.609. The Labute approximate surface area is 256 Å². The van der Waals surface area contributed by atoms with E-state index in [0.717, 1.165) is 25.7 Å². The molecule has 0 atom stereocenters. The molecule has 3 rings (SSSR count). The number of carbonyl (C=O) groups is 5. The molecule has 0 aromatic heterocycles. The van der Waals surface area contributed by atoms with Crippen LogP contribution in [-0.2, 0) is 42.9 Å². The number of hydrogen-bond donors (Lipinski definition) is 1. The van der Waals surface area contributed by atoms with E-state index >= 15 is 0 Å². The first kappa shape index (κ1) is 38.1. The second-order valence-corrected chi connectivity index (χ2v) is 13.5. The lowest BCUT2D eigenvalue weighted by molar-refractivity contribution is -0.160. The minimum Gasteiger partial charge on any atom is -0.469 e. The van der Waals surface area contributed by atoms with E-state index < -0.39 is 11.2 Å². The first-order chi connectivity index (χ1) is 19.8. The Bertz CT molecular complexity index is 937. The molecule has 1 amide bonds. The zero-order chi connectivity index (χ0) is 33.1. The molecule has 0 unspecified atom stereocenters. The quantitative estimate of drug-likeness (QED) is 0.329. The minimum atomic E-state index is -0.489. The first-order valence-electron chi connectivity index (χ1n) is 14.9. The van der Waals surface area contributed by atoms with Crippen molar-refractivity contribution in [2.24, 2.45) is 23.7 Å². The molecule has 0 aliphatic heterocycles. The zero-order valence-corrected chi connectivity index (χ0v) is 27.9. The van der Waals surface area contributed by atoms with E-state index in [-0.39, 0.29) is 59.7 Å². The van der Waals surface area contributed by atoms with Crippen LogP contribution < -0.4 is 5.32 Å². The van der Waals surface area contributed by atoms with Crippen LogP contribution in [0.4, 0.5) is 4.79 Å². The average Bonchev–Trinajstić information content (AvgIpc) is 2.82. The third-order valence-corrected chi connectivity index (χ3v) is 7.60. The molecule has 43 heavy (non-hydrogen) atoms. The van der Waals surface area contributed by atoms with E-state index in [1.54, 1.807) is 11.9 Å². The van der Waals surface area contributed by atoms with Crippen LogP contribution in [0.2, 0.25) is 0 Å². The summed E-state index contributed by atoms with van der Waals surface area (Å²) in [5.74, 6) is -0.264. The molecule has 1 N–H and O–H groups in total. The molecular formula is C31H54N2O10. The monoisotopic (exact) mass is 614 g/mol. The highest BCUT2D eigenvalue weighted by atomic mass is 16.6. The summed E-state index contributed by atoms with van der Waals surface area (Å²) in [4.78, 5) is 57.9. The lowest BCUT2D eigenvalue weighted by Gasteiger charge is -2.39. The van der Waals surface area contributed by atoms with Gasteiger partial charge in [0.1, 0.15) is 11.2 Å². The van der Waals surface area contributed by atoms with Crippen molar-refractivity contribution in [3.05, 3.63) is 0 Å². The highest BCUT2D eigenvalue weighted by molar-refractivity contribution is 5.75. The number of carbonyl (C=O) groups excluding carboxylic acids is 5. The van der Waals surface area contributed by atoms with Crippen molar-refractivity contribution in [2.45, 2.75) is 110 Å². The molecule has 0 aromatic rings. The van der Waals surface area contributed by atoms with Crippen molar-refractivity contribution in [1.82, 2.24) is 10.2 Å². The molecule has 3 saturated carbocycles. The summed E-state index contributed by atoms with van der Waals surface area (Å²) in [6.45, 7) is 11.0. The lowest BCUT2D eigenvalue weighted by atomic mass is 9.73. The fourth-order valence-corrected chi connectivity index (χ4v) is 4.84. The Morgan fingerprint density at radius 3 is 1.44 bits per heavy atom. The van der Waals surface area contributed by atoms with Crippen molar-refractivity contribution in [1.29, 1.82) is 0 Å². The van der Waals surface area contributed by atoms with Crippen LogP contribution in [0.5, 0.6) is 0 Å². The third kappa shape index (κ3) is 13.5. The van der Waals surface area contributed by atoms with E-state index in [4.69, 9.17) is 9.47 Å². The molecule has 3 aliphatic carbocycles. The maximum absolute atomic E-state index is 11.7. The van der Waals surface area contributed by atoms with Gasteiger partial charge in [0.05, 0.1) is 39.1 Å². The summed E-state index contributed by atoms with van der Waals surface area (Å²) in [6.07, 6.45) is 4.73. The van der Waals surface area contributed by atoms with Crippen LogP contribution in [0, 0.1) is 23.7 Å².